The maximum Gasteiger partial charge on any atom is 0.251 e. The molecule has 0 aliphatic rings. The number of aliphatic hydroxyl groups excluding tert-OH is 1. The zero-order valence-corrected chi connectivity index (χ0v) is 13.5. The number of carbonyl (C=O) groups is 1. The van der Waals surface area contributed by atoms with E-state index >= 15 is 0 Å². The number of hydrogen-bond donors (Lipinski definition) is 3. The maximum absolute atomic E-state index is 12.3. The van der Waals surface area contributed by atoms with Gasteiger partial charge < -0.3 is 20.9 Å². The van der Waals surface area contributed by atoms with Crippen LogP contribution in [0.25, 0.3) is 10.2 Å². The van der Waals surface area contributed by atoms with Gasteiger partial charge in [-0.3, -0.25) is 9.78 Å². The van der Waals surface area contributed by atoms with Crippen molar-refractivity contribution in [1.29, 1.82) is 0 Å². The fourth-order valence-corrected chi connectivity index (χ4v) is 2.99. The standard InChI is InChI=1S/C16H16N4O3S/c17-11-2-1-10(7-13(11)23-6-5-21)16(22)19-9-15-20-12-8-18-4-3-14(12)24-15/h1-4,7-8,21H,5-6,9,17H2,(H,19,22). The van der Waals surface area contributed by atoms with Crippen LogP contribution in [-0.4, -0.2) is 34.2 Å². The van der Waals surface area contributed by atoms with E-state index in [4.69, 9.17) is 15.6 Å². The first-order valence-corrected chi connectivity index (χ1v) is 8.10. The molecule has 0 spiro atoms. The topological polar surface area (TPSA) is 110 Å². The number of carbonyl (C=O) groups excluding carboxylic acids is 1. The number of ether oxygens (including phenoxy) is 1. The van der Waals surface area contributed by atoms with Crippen molar-refractivity contribution in [2.24, 2.45) is 0 Å². The molecule has 0 saturated carbocycles. The normalized spacial score (nSPS) is 10.7. The van der Waals surface area contributed by atoms with Crippen LogP contribution in [0.5, 0.6) is 5.75 Å². The minimum atomic E-state index is -0.249. The molecule has 0 aliphatic carbocycles. The number of hydrogen-bond acceptors (Lipinski definition) is 7. The summed E-state index contributed by atoms with van der Waals surface area (Å²) in [5.74, 6) is 0.129. The van der Waals surface area contributed by atoms with Crippen LogP contribution in [0.15, 0.2) is 36.7 Å². The summed E-state index contributed by atoms with van der Waals surface area (Å²) in [6, 6.07) is 6.68. The van der Waals surface area contributed by atoms with Gasteiger partial charge in [-0.1, -0.05) is 0 Å². The number of nitrogen functional groups attached to an aromatic ring is 1. The predicted octanol–water partition coefficient (Wildman–Crippen LogP) is 1.57. The van der Waals surface area contributed by atoms with Gasteiger partial charge in [0.2, 0.25) is 0 Å². The summed E-state index contributed by atoms with van der Waals surface area (Å²) >= 11 is 1.51. The Morgan fingerprint density at radius 1 is 1.38 bits per heavy atom. The number of amides is 1. The Labute approximate surface area is 142 Å². The number of anilines is 1. The van der Waals surface area contributed by atoms with Gasteiger partial charge in [0, 0.05) is 11.8 Å². The minimum Gasteiger partial charge on any atom is -0.489 e. The summed E-state index contributed by atoms with van der Waals surface area (Å²) in [4.78, 5) is 20.7. The lowest BCUT2D eigenvalue weighted by Crippen LogP contribution is -2.22. The molecular formula is C16H16N4O3S. The molecule has 3 rings (SSSR count). The molecular weight excluding hydrogens is 328 g/mol. The molecule has 3 aromatic rings. The number of pyridine rings is 1. The molecule has 0 fully saturated rings. The monoisotopic (exact) mass is 344 g/mol. The molecule has 1 aromatic carbocycles. The molecule has 0 unspecified atom stereocenters. The van der Waals surface area contributed by atoms with Crippen molar-refractivity contribution in [3.8, 4) is 5.75 Å². The van der Waals surface area contributed by atoms with Gasteiger partial charge in [0.15, 0.2) is 0 Å². The average Bonchev–Trinajstić information content (AvgIpc) is 3.02. The molecule has 1 amide bonds. The lowest BCUT2D eigenvalue weighted by Gasteiger charge is -2.09. The molecule has 0 saturated heterocycles. The molecule has 0 radical (unpaired) electrons. The van der Waals surface area contributed by atoms with E-state index in [-0.39, 0.29) is 19.1 Å². The zero-order valence-electron chi connectivity index (χ0n) is 12.7. The first-order chi connectivity index (χ1) is 11.7. The molecule has 0 bridgehead atoms. The first kappa shape index (κ1) is 16.2. The molecule has 24 heavy (non-hydrogen) atoms. The largest absolute Gasteiger partial charge is 0.489 e. The van der Waals surface area contributed by atoms with Crippen LogP contribution < -0.4 is 15.8 Å². The second-order valence-electron chi connectivity index (χ2n) is 4.96. The van der Waals surface area contributed by atoms with Crippen LogP contribution in [0.3, 0.4) is 0 Å². The van der Waals surface area contributed by atoms with Crippen molar-refractivity contribution < 1.29 is 14.6 Å². The van der Waals surface area contributed by atoms with E-state index in [1.54, 1.807) is 30.6 Å². The average molecular weight is 344 g/mol. The summed E-state index contributed by atoms with van der Waals surface area (Å²) in [5.41, 5.74) is 7.45. The number of nitrogens with one attached hydrogen (secondary N) is 1. The van der Waals surface area contributed by atoms with Crippen LogP contribution in [0.4, 0.5) is 5.69 Å². The van der Waals surface area contributed by atoms with E-state index in [9.17, 15) is 4.79 Å². The molecule has 7 nitrogen and oxygen atoms in total. The number of rotatable bonds is 6. The molecule has 2 aromatic heterocycles. The molecule has 0 aliphatic heterocycles. The van der Waals surface area contributed by atoms with Crippen molar-refractivity contribution in [2.45, 2.75) is 6.54 Å². The minimum absolute atomic E-state index is 0.120. The van der Waals surface area contributed by atoms with Gasteiger partial charge in [0.05, 0.1) is 35.3 Å². The zero-order chi connectivity index (χ0) is 16.9. The number of aliphatic hydroxyl groups is 1. The number of benzene rings is 1. The van der Waals surface area contributed by atoms with E-state index < -0.39 is 0 Å². The van der Waals surface area contributed by atoms with Crippen molar-refractivity contribution >= 4 is 33.1 Å². The number of nitrogens with two attached hydrogens (primary N) is 1. The lowest BCUT2D eigenvalue weighted by atomic mass is 10.2. The van der Waals surface area contributed by atoms with Crippen molar-refractivity contribution in [1.82, 2.24) is 15.3 Å². The van der Waals surface area contributed by atoms with Crippen LogP contribution >= 0.6 is 11.3 Å². The van der Waals surface area contributed by atoms with Gasteiger partial charge in [-0.25, -0.2) is 4.98 Å². The second-order valence-corrected chi connectivity index (χ2v) is 6.07. The highest BCUT2D eigenvalue weighted by Gasteiger charge is 2.11. The van der Waals surface area contributed by atoms with Crippen LogP contribution in [-0.2, 0) is 6.54 Å². The third-order valence-electron chi connectivity index (χ3n) is 3.26. The van der Waals surface area contributed by atoms with Gasteiger partial charge in [-0.2, -0.15) is 0 Å². The van der Waals surface area contributed by atoms with E-state index in [1.807, 2.05) is 6.07 Å². The highest BCUT2D eigenvalue weighted by molar-refractivity contribution is 7.18. The second kappa shape index (κ2) is 7.24. The Hall–Kier alpha value is -2.71. The quantitative estimate of drug-likeness (QED) is 0.586. The van der Waals surface area contributed by atoms with Crippen molar-refractivity contribution in [3.05, 3.63) is 47.2 Å². The summed E-state index contributed by atoms with van der Waals surface area (Å²) < 4.78 is 6.34. The SMILES string of the molecule is Nc1ccc(C(=O)NCc2nc3cnccc3s2)cc1OCCO. The molecule has 124 valence electrons. The van der Waals surface area contributed by atoms with Crippen molar-refractivity contribution in [2.75, 3.05) is 18.9 Å². The molecule has 2 heterocycles. The molecule has 0 atom stereocenters. The molecule has 4 N–H and O–H groups in total. The Morgan fingerprint density at radius 2 is 2.25 bits per heavy atom. The van der Waals surface area contributed by atoms with Crippen molar-refractivity contribution in [3.63, 3.8) is 0 Å². The Bertz CT molecular complexity index is 832. The third kappa shape index (κ3) is 3.61. The lowest BCUT2D eigenvalue weighted by molar-refractivity contribution is 0.0950. The maximum atomic E-state index is 12.3. The van der Waals surface area contributed by atoms with E-state index in [1.165, 1.54) is 11.3 Å². The summed E-state index contributed by atoms with van der Waals surface area (Å²) in [5, 5.41) is 12.4. The summed E-state index contributed by atoms with van der Waals surface area (Å²) in [7, 11) is 0. The van der Waals surface area contributed by atoms with Gasteiger partial charge in [-0.05, 0) is 24.3 Å². The van der Waals surface area contributed by atoms with Crippen LogP contribution in [0.2, 0.25) is 0 Å². The van der Waals surface area contributed by atoms with Gasteiger partial charge in [0.25, 0.3) is 5.91 Å². The molecule has 8 heteroatoms. The highest BCUT2D eigenvalue weighted by Crippen LogP contribution is 2.23. The highest BCUT2D eigenvalue weighted by atomic mass is 32.1. The summed E-state index contributed by atoms with van der Waals surface area (Å²) in [6.45, 7) is 0.326. The summed E-state index contributed by atoms with van der Waals surface area (Å²) in [6.07, 6.45) is 3.41. The fraction of sp³-hybridized carbons (Fsp3) is 0.188. The Balaban J connectivity index is 1.68. The van der Waals surface area contributed by atoms with Crippen LogP contribution in [0.1, 0.15) is 15.4 Å². The number of thiazole rings is 1. The van der Waals surface area contributed by atoms with Gasteiger partial charge >= 0.3 is 0 Å². The predicted molar refractivity (Wildman–Crippen MR) is 92.0 cm³/mol. The number of aromatic nitrogens is 2. The van der Waals surface area contributed by atoms with E-state index in [0.717, 1.165) is 15.2 Å². The number of nitrogens with zero attached hydrogens (tertiary/aromatic N) is 2. The van der Waals surface area contributed by atoms with E-state index in [0.29, 0.717) is 23.5 Å². The Morgan fingerprint density at radius 3 is 3.04 bits per heavy atom. The smallest absolute Gasteiger partial charge is 0.251 e. The first-order valence-electron chi connectivity index (χ1n) is 7.28. The Kier molecular flexibility index (Phi) is 4.88. The van der Waals surface area contributed by atoms with E-state index in [2.05, 4.69) is 15.3 Å². The number of fused-ring (bicyclic) bond motifs is 1. The van der Waals surface area contributed by atoms with Gasteiger partial charge in [-0.15, -0.1) is 11.3 Å². The third-order valence-corrected chi connectivity index (χ3v) is 4.30. The fourth-order valence-electron chi connectivity index (χ4n) is 2.12. The van der Waals surface area contributed by atoms with Crippen LogP contribution in [0, 0.1) is 0 Å². The van der Waals surface area contributed by atoms with Gasteiger partial charge in [0.1, 0.15) is 17.4 Å².